The summed E-state index contributed by atoms with van der Waals surface area (Å²) in [5.74, 6) is -0.219. The van der Waals surface area contributed by atoms with E-state index < -0.39 is 6.10 Å². The second-order valence-electron chi connectivity index (χ2n) is 8.74. The number of hydrogen-bond acceptors (Lipinski definition) is 4. The molecule has 192 valence electrons. The Balaban J connectivity index is 3.52. The van der Waals surface area contributed by atoms with Gasteiger partial charge in [0.05, 0.1) is 13.2 Å². The Kier molecular flexibility index (Phi) is 25.7. The molecule has 1 N–H and O–H groups in total. The van der Waals surface area contributed by atoms with Crippen molar-refractivity contribution in [3.05, 3.63) is 36.5 Å². The van der Waals surface area contributed by atoms with Crippen LogP contribution in [0, 0.1) is 0 Å². The summed E-state index contributed by atoms with van der Waals surface area (Å²) in [7, 11) is 0. The van der Waals surface area contributed by atoms with Gasteiger partial charge in [0.2, 0.25) is 0 Å². The fourth-order valence-corrected chi connectivity index (χ4v) is 3.46. The minimum absolute atomic E-state index is 0.181. The predicted octanol–water partition coefficient (Wildman–Crippen LogP) is 7.86. The van der Waals surface area contributed by atoms with Crippen LogP contribution in [0.4, 0.5) is 0 Å². The maximum Gasteiger partial charge on any atom is 0.306 e. The van der Waals surface area contributed by atoms with Gasteiger partial charge in [0.25, 0.3) is 0 Å². The Morgan fingerprint density at radius 2 is 1.36 bits per heavy atom. The average Bonchev–Trinajstić information content (AvgIpc) is 2.82. The van der Waals surface area contributed by atoms with E-state index in [1.165, 1.54) is 44.9 Å². The number of esters is 1. The van der Waals surface area contributed by atoms with Gasteiger partial charge < -0.3 is 14.6 Å². The topological polar surface area (TPSA) is 55.8 Å². The van der Waals surface area contributed by atoms with E-state index in [-0.39, 0.29) is 19.2 Å². The van der Waals surface area contributed by atoms with Crippen LogP contribution in [0.3, 0.4) is 0 Å². The van der Waals surface area contributed by atoms with Gasteiger partial charge in [-0.3, -0.25) is 4.79 Å². The van der Waals surface area contributed by atoms with E-state index in [1.807, 2.05) is 0 Å². The molecule has 0 aromatic rings. The summed E-state index contributed by atoms with van der Waals surface area (Å²) in [6.45, 7) is 5.12. The molecule has 0 aromatic heterocycles. The molecule has 4 heteroatoms. The third-order valence-electron chi connectivity index (χ3n) is 5.48. The van der Waals surface area contributed by atoms with Gasteiger partial charge in [0.15, 0.2) is 0 Å². The summed E-state index contributed by atoms with van der Waals surface area (Å²) in [5.41, 5.74) is 0. The van der Waals surface area contributed by atoms with Gasteiger partial charge >= 0.3 is 5.97 Å². The highest BCUT2D eigenvalue weighted by Gasteiger charge is 2.13. The first-order chi connectivity index (χ1) is 16.2. The lowest BCUT2D eigenvalue weighted by molar-refractivity contribution is -0.154. The molecule has 0 saturated carbocycles. The molecule has 0 rings (SSSR count). The standard InChI is InChI=1S/C29H52O4/c1-3-5-7-9-11-12-13-14-15-16-17-19-21-23-25-32-27-28(26-30)33-29(31)24-22-20-18-10-8-6-4-2/h5,7,11-12,14-15,28,30H,3-4,6,8-10,13,16-27H2,1-2H3/b7-5-,12-11-,15-14-. The van der Waals surface area contributed by atoms with E-state index in [0.717, 1.165) is 51.4 Å². The van der Waals surface area contributed by atoms with Crippen LogP contribution in [-0.2, 0) is 14.3 Å². The van der Waals surface area contributed by atoms with Crippen LogP contribution in [0.15, 0.2) is 36.5 Å². The maximum atomic E-state index is 11.9. The number of rotatable bonds is 24. The van der Waals surface area contributed by atoms with Crippen molar-refractivity contribution in [2.75, 3.05) is 19.8 Å². The fourth-order valence-electron chi connectivity index (χ4n) is 3.46. The van der Waals surface area contributed by atoms with E-state index in [4.69, 9.17) is 9.47 Å². The number of aliphatic hydroxyl groups is 1. The van der Waals surface area contributed by atoms with Crippen LogP contribution in [0.5, 0.6) is 0 Å². The lowest BCUT2D eigenvalue weighted by Crippen LogP contribution is -2.27. The van der Waals surface area contributed by atoms with Gasteiger partial charge in [0, 0.05) is 13.0 Å². The van der Waals surface area contributed by atoms with Gasteiger partial charge in [-0.05, 0) is 44.9 Å². The highest BCUT2D eigenvalue weighted by Crippen LogP contribution is 2.10. The fraction of sp³-hybridized carbons (Fsp3) is 0.759. The first-order valence-electron chi connectivity index (χ1n) is 13.6. The van der Waals surface area contributed by atoms with Crippen molar-refractivity contribution < 1.29 is 19.4 Å². The van der Waals surface area contributed by atoms with Crippen LogP contribution in [-0.4, -0.2) is 37.0 Å². The van der Waals surface area contributed by atoms with Gasteiger partial charge in [-0.25, -0.2) is 0 Å². The predicted molar refractivity (Wildman–Crippen MR) is 140 cm³/mol. The molecule has 0 radical (unpaired) electrons. The van der Waals surface area contributed by atoms with Gasteiger partial charge in [0.1, 0.15) is 6.10 Å². The van der Waals surface area contributed by atoms with Crippen molar-refractivity contribution in [2.45, 2.75) is 123 Å². The molecule has 0 spiro atoms. The number of ether oxygens (including phenoxy) is 2. The van der Waals surface area contributed by atoms with Crippen LogP contribution in [0.25, 0.3) is 0 Å². The van der Waals surface area contributed by atoms with Crippen LogP contribution in [0.1, 0.15) is 117 Å². The summed E-state index contributed by atoms with van der Waals surface area (Å²) in [4.78, 5) is 11.9. The van der Waals surface area contributed by atoms with Crippen molar-refractivity contribution in [2.24, 2.45) is 0 Å². The number of carbonyl (C=O) groups is 1. The molecule has 0 heterocycles. The normalized spacial score (nSPS) is 12.9. The summed E-state index contributed by atoms with van der Waals surface area (Å²) in [6, 6.07) is 0. The first kappa shape index (κ1) is 31.6. The van der Waals surface area contributed by atoms with Crippen LogP contribution < -0.4 is 0 Å². The van der Waals surface area contributed by atoms with Gasteiger partial charge in [-0.1, -0.05) is 102 Å². The molecule has 0 saturated heterocycles. The smallest absolute Gasteiger partial charge is 0.306 e. The summed E-state index contributed by atoms with van der Waals surface area (Å²) >= 11 is 0. The average molecular weight is 465 g/mol. The molecular formula is C29H52O4. The van der Waals surface area contributed by atoms with E-state index in [9.17, 15) is 9.90 Å². The molecule has 4 nitrogen and oxygen atoms in total. The van der Waals surface area contributed by atoms with E-state index in [0.29, 0.717) is 13.0 Å². The Morgan fingerprint density at radius 3 is 2.06 bits per heavy atom. The number of carbonyl (C=O) groups excluding carboxylic acids is 1. The molecule has 33 heavy (non-hydrogen) atoms. The Labute approximate surface area is 204 Å². The molecule has 0 aliphatic rings. The quantitative estimate of drug-likeness (QED) is 0.0897. The molecule has 1 atom stereocenters. The molecule has 0 aromatic carbocycles. The van der Waals surface area contributed by atoms with Crippen molar-refractivity contribution in [3.63, 3.8) is 0 Å². The van der Waals surface area contributed by atoms with E-state index in [2.05, 4.69) is 50.3 Å². The van der Waals surface area contributed by atoms with Crippen molar-refractivity contribution >= 4 is 5.97 Å². The SMILES string of the molecule is CC/C=C\C/C=C\C/C=C\CCCCCCOCC(CO)OC(=O)CCCCCCCCC. The van der Waals surface area contributed by atoms with Gasteiger partial charge in [-0.2, -0.15) is 0 Å². The Bertz CT molecular complexity index is 496. The molecule has 0 aliphatic carbocycles. The zero-order valence-electron chi connectivity index (χ0n) is 21.6. The third kappa shape index (κ3) is 25.1. The first-order valence-corrected chi connectivity index (χ1v) is 13.6. The lowest BCUT2D eigenvalue weighted by atomic mass is 10.1. The Morgan fingerprint density at radius 1 is 0.758 bits per heavy atom. The molecule has 0 aliphatic heterocycles. The third-order valence-corrected chi connectivity index (χ3v) is 5.48. The van der Waals surface area contributed by atoms with Crippen molar-refractivity contribution in [1.82, 2.24) is 0 Å². The molecule has 0 amide bonds. The minimum atomic E-state index is -0.538. The molecular weight excluding hydrogens is 412 g/mol. The Hall–Kier alpha value is -1.39. The second kappa shape index (κ2) is 26.9. The highest BCUT2D eigenvalue weighted by molar-refractivity contribution is 5.69. The molecule has 1 unspecified atom stereocenters. The number of allylic oxidation sites excluding steroid dienone is 6. The van der Waals surface area contributed by atoms with Crippen LogP contribution >= 0.6 is 0 Å². The number of aliphatic hydroxyl groups excluding tert-OH is 1. The largest absolute Gasteiger partial charge is 0.457 e. The number of unbranched alkanes of at least 4 members (excludes halogenated alkanes) is 10. The minimum Gasteiger partial charge on any atom is -0.457 e. The highest BCUT2D eigenvalue weighted by atomic mass is 16.6. The summed E-state index contributed by atoms with van der Waals surface area (Å²) in [5, 5.41) is 9.42. The maximum absolute atomic E-state index is 11.9. The zero-order chi connectivity index (χ0) is 24.2. The molecule has 0 fully saturated rings. The lowest BCUT2D eigenvalue weighted by Gasteiger charge is -2.15. The van der Waals surface area contributed by atoms with Crippen LogP contribution in [0.2, 0.25) is 0 Å². The zero-order valence-corrected chi connectivity index (χ0v) is 21.6. The number of hydrogen-bond donors (Lipinski definition) is 1. The van der Waals surface area contributed by atoms with E-state index >= 15 is 0 Å². The monoisotopic (exact) mass is 464 g/mol. The van der Waals surface area contributed by atoms with E-state index in [1.54, 1.807) is 0 Å². The van der Waals surface area contributed by atoms with Crippen molar-refractivity contribution in [3.8, 4) is 0 Å². The van der Waals surface area contributed by atoms with Crippen molar-refractivity contribution in [1.29, 1.82) is 0 Å². The second-order valence-corrected chi connectivity index (χ2v) is 8.74. The summed E-state index contributed by atoms with van der Waals surface area (Å²) in [6.07, 6.45) is 30.3. The molecule has 0 bridgehead atoms. The van der Waals surface area contributed by atoms with Gasteiger partial charge in [-0.15, -0.1) is 0 Å². The summed E-state index contributed by atoms with van der Waals surface area (Å²) < 4.78 is 11.0.